The molecule has 1 aromatic heterocycles. The third-order valence-corrected chi connectivity index (χ3v) is 3.51. The summed E-state index contributed by atoms with van der Waals surface area (Å²) in [6.07, 6.45) is 5.91. The molecule has 1 unspecified atom stereocenters. The van der Waals surface area contributed by atoms with Crippen molar-refractivity contribution in [3.8, 4) is 0 Å². The second-order valence-corrected chi connectivity index (χ2v) is 4.81. The van der Waals surface area contributed by atoms with Gasteiger partial charge in [0.05, 0.1) is 17.6 Å². The first kappa shape index (κ1) is 12.2. The molecule has 2 heterocycles. The molecule has 1 aromatic rings. The zero-order valence-electron chi connectivity index (χ0n) is 10.8. The van der Waals surface area contributed by atoms with E-state index in [1.807, 2.05) is 12.3 Å². The molecule has 17 heavy (non-hydrogen) atoms. The van der Waals surface area contributed by atoms with Gasteiger partial charge in [0, 0.05) is 25.3 Å². The minimum atomic E-state index is 0.548. The highest BCUT2D eigenvalue weighted by Gasteiger charge is 2.23. The van der Waals surface area contributed by atoms with Crippen molar-refractivity contribution in [2.24, 2.45) is 0 Å². The molecule has 4 nitrogen and oxygen atoms in total. The highest BCUT2D eigenvalue weighted by atomic mass is 15.2. The summed E-state index contributed by atoms with van der Waals surface area (Å²) in [5, 5.41) is 0. The van der Waals surface area contributed by atoms with E-state index in [0.717, 1.165) is 37.4 Å². The van der Waals surface area contributed by atoms with E-state index in [1.165, 1.54) is 6.42 Å². The van der Waals surface area contributed by atoms with Gasteiger partial charge in [-0.2, -0.15) is 0 Å². The summed E-state index contributed by atoms with van der Waals surface area (Å²) < 4.78 is 0. The number of rotatable bonds is 2. The van der Waals surface area contributed by atoms with Crippen LogP contribution >= 0.6 is 0 Å². The first-order chi connectivity index (χ1) is 8.22. The molecule has 94 valence electrons. The number of aromatic nitrogens is 1. The molecule has 0 spiro atoms. The third-order valence-electron chi connectivity index (χ3n) is 3.51. The average molecular weight is 234 g/mol. The van der Waals surface area contributed by atoms with Crippen LogP contribution < -0.4 is 10.6 Å². The summed E-state index contributed by atoms with van der Waals surface area (Å²) in [7, 11) is 2.20. The minimum Gasteiger partial charge on any atom is -0.396 e. The second-order valence-electron chi connectivity index (χ2n) is 4.81. The SMILES string of the molecule is CCC1CN(C)CCCN1c1ccncc1N. The monoisotopic (exact) mass is 234 g/mol. The minimum absolute atomic E-state index is 0.548. The van der Waals surface area contributed by atoms with Gasteiger partial charge in [-0.1, -0.05) is 6.92 Å². The van der Waals surface area contributed by atoms with Gasteiger partial charge >= 0.3 is 0 Å². The molecule has 1 fully saturated rings. The highest BCUT2D eigenvalue weighted by Crippen LogP contribution is 2.26. The lowest BCUT2D eigenvalue weighted by molar-refractivity contribution is 0.328. The van der Waals surface area contributed by atoms with Gasteiger partial charge < -0.3 is 15.5 Å². The quantitative estimate of drug-likeness (QED) is 0.844. The van der Waals surface area contributed by atoms with Crippen LogP contribution in [-0.2, 0) is 0 Å². The third kappa shape index (κ3) is 2.69. The fourth-order valence-electron chi connectivity index (χ4n) is 2.57. The van der Waals surface area contributed by atoms with E-state index in [0.29, 0.717) is 6.04 Å². The first-order valence-electron chi connectivity index (χ1n) is 6.37. The number of hydrogen-bond acceptors (Lipinski definition) is 4. The summed E-state index contributed by atoms with van der Waals surface area (Å²) in [6, 6.07) is 2.58. The van der Waals surface area contributed by atoms with E-state index in [4.69, 9.17) is 5.73 Å². The van der Waals surface area contributed by atoms with Gasteiger partial charge in [0.1, 0.15) is 0 Å². The summed E-state index contributed by atoms with van der Waals surface area (Å²) in [4.78, 5) is 8.92. The van der Waals surface area contributed by atoms with E-state index >= 15 is 0 Å². The predicted molar refractivity (Wildman–Crippen MR) is 72.2 cm³/mol. The van der Waals surface area contributed by atoms with Crippen molar-refractivity contribution in [2.45, 2.75) is 25.8 Å². The number of nitrogens with zero attached hydrogens (tertiary/aromatic N) is 3. The topological polar surface area (TPSA) is 45.4 Å². The summed E-state index contributed by atoms with van der Waals surface area (Å²) in [6.45, 7) is 5.60. The molecule has 1 aliphatic heterocycles. The Labute approximate surface area is 103 Å². The number of pyridine rings is 1. The molecule has 0 bridgehead atoms. The fraction of sp³-hybridized carbons (Fsp3) is 0.615. The van der Waals surface area contributed by atoms with Crippen LogP contribution in [0.1, 0.15) is 19.8 Å². The maximum atomic E-state index is 6.04. The Morgan fingerprint density at radius 3 is 3.00 bits per heavy atom. The average Bonchev–Trinajstić information content (AvgIpc) is 2.51. The molecular weight excluding hydrogens is 212 g/mol. The van der Waals surface area contributed by atoms with Crippen molar-refractivity contribution in [3.05, 3.63) is 18.5 Å². The first-order valence-corrected chi connectivity index (χ1v) is 6.37. The van der Waals surface area contributed by atoms with Crippen LogP contribution in [0.25, 0.3) is 0 Å². The van der Waals surface area contributed by atoms with Crippen molar-refractivity contribution in [3.63, 3.8) is 0 Å². The van der Waals surface area contributed by atoms with E-state index in [9.17, 15) is 0 Å². The number of anilines is 2. The van der Waals surface area contributed by atoms with E-state index in [-0.39, 0.29) is 0 Å². The number of nitrogen functional groups attached to an aromatic ring is 1. The fourth-order valence-corrected chi connectivity index (χ4v) is 2.57. The lowest BCUT2D eigenvalue weighted by atomic mass is 10.1. The van der Waals surface area contributed by atoms with Crippen molar-refractivity contribution in [1.29, 1.82) is 0 Å². The molecule has 0 aliphatic carbocycles. The Morgan fingerprint density at radius 1 is 1.47 bits per heavy atom. The normalized spacial score (nSPS) is 22.5. The van der Waals surface area contributed by atoms with Crippen molar-refractivity contribution in [1.82, 2.24) is 9.88 Å². The van der Waals surface area contributed by atoms with Crippen LogP contribution in [0, 0.1) is 0 Å². The van der Waals surface area contributed by atoms with E-state index < -0.39 is 0 Å². The number of likely N-dealkylation sites (N-methyl/N-ethyl adjacent to an activating group) is 1. The van der Waals surface area contributed by atoms with Crippen molar-refractivity contribution in [2.75, 3.05) is 37.3 Å². The van der Waals surface area contributed by atoms with Crippen LogP contribution in [0.15, 0.2) is 18.5 Å². The van der Waals surface area contributed by atoms with Crippen molar-refractivity contribution >= 4 is 11.4 Å². The maximum absolute atomic E-state index is 6.04. The molecule has 0 amide bonds. The van der Waals surface area contributed by atoms with Crippen LogP contribution in [-0.4, -0.2) is 42.6 Å². The van der Waals surface area contributed by atoms with E-state index in [2.05, 4.69) is 28.8 Å². The second kappa shape index (κ2) is 5.36. The molecule has 4 heteroatoms. The molecular formula is C13H22N4. The Morgan fingerprint density at radius 2 is 2.29 bits per heavy atom. The van der Waals surface area contributed by atoms with Gasteiger partial charge in [0.15, 0.2) is 0 Å². The van der Waals surface area contributed by atoms with Crippen LogP contribution in [0.5, 0.6) is 0 Å². The Hall–Kier alpha value is -1.29. The van der Waals surface area contributed by atoms with Crippen molar-refractivity contribution < 1.29 is 0 Å². The van der Waals surface area contributed by atoms with E-state index in [1.54, 1.807) is 6.20 Å². The zero-order chi connectivity index (χ0) is 12.3. The lowest BCUT2D eigenvalue weighted by Gasteiger charge is -2.32. The summed E-state index contributed by atoms with van der Waals surface area (Å²) in [5.41, 5.74) is 7.96. The number of hydrogen-bond donors (Lipinski definition) is 1. The Balaban J connectivity index is 2.25. The van der Waals surface area contributed by atoms with Crippen LogP contribution in [0.3, 0.4) is 0 Å². The zero-order valence-corrected chi connectivity index (χ0v) is 10.8. The van der Waals surface area contributed by atoms with Gasteiger partial charge in [-0.3, -0.25) is 4.98 Å². The number of nitrogens with two attached hydrogens (primary N) is 1. The standard InChI is InChI=1S/C13H22N4/c1-3-11-10-16(2)7-4-8-17(11)13-5-6-15-9-12(13)14/h5-6,9,11H,3-4,7-8,10,14H2,1-2H3. The molecule has 1 aliphatic rings. The van der Waals surface area contributed by atoms with Gasteiger partial charge in [0.2, 0.25) is 0 Å². The van der Waals surface area contributed by atoms with Gasteiger partial charge in [0.25, 0.3) is 0 Å². The lowest BCUT2D eigenvalue weighted by Crippen LogP contribution is -2.40. The molecule has 2 N–H and O–H groups in total. The predicted octanol–water partition coefficient (Wildman–Crippen LogP) is 1.58. The van der Waals surface area contributed by atoms with Gasteiger partial charge in [-0.25, -0.2) is 0 Å². The molecule has 0 saturated carbocycles. The maximum Gasteiger partial charge on any atom is 0.0738 e. The van der Waals surface area contributed by atoms with Gasteiger partial charge in [-0.15, -0.1) is 0 Å². The largest absolute Gasteiger partial charge is 0.396 e. The Kier molecular flexibility index (Phi) is 3.84. The Bertz CT molecular complexity index is 366. The molecule has 2 rings (SSSR count). The highest BCUT2D eigenvalue weighted by molar-refractivity contribution is 5.66. The molecule has 1 atom stereocenters. The van der Waals surface area contributed by atoms with Gasteiger partial charge in [-0.05, 0) is 32.5 Å². The molecule has 1 saturated heterocycles. The summed E-state index contributed by atoms with van der Waals surface area (Å²) >= 11 is 0. The molecule has 0 aromatic carbocycles. The smallest absolute Gasteiger partial charge is 0.0738 e. The van der Waals surface area contributed by atoms with Crippen LogP contribution in [0.2, 0.25) is 0 Å². The van der Waals surface area contributed by atoms with Crippen LogP contribution in [0.4, 0.5) is 11.4 Å². The molecule has 0 radical (unpaired) electrons. The summed E-state index contributed by atoms with van der Waals surface area (Å²) in [5.74, 6) is 0.